The Morgan fingerprint density at radius 2 is 1.69 bits per heavy atom. The van der Waals surface area contributed by atoms with Gasteiger partial charge in [-0.2, -0.15) is 0 Å². The summed E-state index contributed by atoms with van der Waals surface area (Å²) < 4.78 is 0.850. The van der Waals surface area contributed by atoms with Gasteiger partial charge in [-0.3, -0.25) is 4.79 Å². The van der Waals surface area contributed by atoms with Crippen LogP contribution in [0.3, 0.4) is 0 Å². The number of carbonyl (C=O) groups excluding carboxylic acids is 1. The fourth-order valence-electron chi connectivity index (χ4n) is 4.39. The zero-order valence-electron chi connectivity index (χ0n) is 19.2. The number of hydrogen-bond donors (Lipinski definition) is 1. The van der Waals surface area contributed by atoms with E-state index in [0.717, 1.165) is 43.1 Å². The van der Waals surface area contributed by atoms with Gasteiger partial charge < -0.3 is 10.0 Å². The fraction of sp³-hybridized carbons (Fsp3) is 0.214. The van der Waals surface area contributed by atoms with E-state index >= 15 is 0 Å². The summed E-state index contributed by atoms with van der Waals surface area (Å²) in [6, 6.07) is 21.4. The summed E-state index contributed by atoms with van der Waals surface area (Å²) in [7, 11) is 0. The van der Waals surface area contributed by atoms with Crippen molar-refractivity contribution >= 4 is 51.4 Å². The van der Waals surface area contributed by atoms with Gasteiger partial charge in [-0.05, 0) is 78.3 Å². The highest BCUT2D eigenvalue weighted by Crippen LogP contribution is 2.42. The summed E-state index contributed by atoms with van der Waals surface area (Å²) in [4.78, 5) is 21.3. The van der Waals surface area contributed by atoms with Crippen LogP contribution >= 0.6 is 45.5 Å². The summed E-state index contributed by atoms with van der Waals surface area (Å²) in [6.07, 6.45) is 1.73. The molecule has 1 saturated heterocycles. The number of likely N-dealkylation sites (tertiary alicyclic amines) is 1. The topological polar surface area (TPSA) is 53.4 Å². The lowest BCUT2D eigenvalue weighted by molar-refractivity contribution is 0.0711. The number of aromatic hydroxyl groups is 1. The first-order valence-corrected chi connectivity index (χ1v) is 13.8. The number of aryl methyl sites for hydroxylation is 1. The lowest BCUT2D eigenvalue weighted by Gasteiger charge is -2.31. The maximum atomic E-state index is 13.1. The van der Waals surface area contributed by atoms with Crippen molar-refractivity contribution in [2.24, 2.45) is 0 Å². The third-order valence-corrected chi connectivity index (χ3v) is 8.85. The first kappa shape index (κ1) is 24.3. The molecule has 7 heteroatoms. The molecule has 178 valence electrons. The summed E-state index contributed by atoms with van der Waals surface area (Å²) in [5.41, 5.74) is 4.99. The molecule has 4 nitrogen and oxygen atoms in total. The zero-order valence-corrected chi connectivity index (χ0v) is 22.9. The van der Waals surface area contributed by atoms with E-state index in [0.29, 0.717) is 29.6 Å². The highest BCUT2D eigenvalue weighted by Gasteiger charge is 2.28. The second-order valence-electron chi connectivity index (χ2n) is 8.83. The van der Waals surface area contributed by atoms with Crippen LogP contribution in [-0.2, 0) is 0 Å². The third-order valence-electron chi connectivity index (χ3n) is 6.39. The predicted molar refractivity (Wildman–Crippen MR) is 151 cm³/mol. The molecule has 5 rings (SSSR count). The van der Waals surface area contributed by atoms with Gasteiger partial charge in [0, 0.05) is 33.2 Å². The lowest BCUT2D eigenvalue weighted by Crippen LogP contribution is -2.38. The number of rotatable bonds is 4. The van der Waals surface area contributed by atoms with Crippen molar-refractivity contribution in [1.29, 1.82) is 0 Å². The SMILES string of the molecule is Cc1ccc(-c2sc(C3CCN(C(=O)c4cc(O)ccc4I)CC3)nc2-c2ccc(Cl)cc2)cc1. The molecule has 0 spiro atoms. The first-order valence-electron chi connectivity index (χ1n) is 11.5. The van der Waals surface area contributed by atoms with Crippen LogP contribution in [0.2, 0.25) is 5.02 Å². The van der Waals surface area contributed by atoms with Crippen LogP contribution < -0.4 is 0 Å². The molecule has 0 atom stereocenters. The van der Waals surface area contributed by atoms with Crippen LogP contribution in [0.4, 0.5) is 0 Å². The number of benzene rings is 3. The summed E-state index contributed by atoms with van der Waals surface area (Å²) in [6.45, 7) is 3.44. The average molecular weight is 615 g/mol. The standard InChI is InChI=1S/C28H24ClIN2O2S/c1-17-2-4-19(5-3-17)26-25(18-6-8-21(29)9-7-18)31-27(35-26)20-12-14-32(15-13-20)28(34)23-16-22(33)10-11-24(23)30/h2-11,16,20,33H,12-15H2,1H3. The number of phenols is 1. The highest BCUT2D eigenvalue weighted by atomic mass is 127. The maximum absolute atomic E-state index is 13.1. The van der Waals surface area contributed by atoms with E-state index in [9.17, 15) is 9.90 Å². The molecule has 35 heavy (non-hydrogen) atoms. The highest BCUT2D eigenvalue weighted by molar-refractivity contribution is 14.1. The minimum atomic E-state index is -0.0231. The molecule has 2 heterocycles. The molecule has 0 radical (unpaired) electrons. The molecule has 0 bridgehead atoms. The number of aromatic nitrogens is 1. The molecule has 4 aromatic rings. The van der Waals surface area contributed by atoms with Gasteiger partial charge in [0.15, 0.2) is 0 Å². The fourth-order valence-corrected chi connectivity index (χ4v) is 6.35. The van der Waals surface area contributed by atoms with E-state index in [-0.39, 0.29) is 11.7 Å². The largest absolute Gasteiger partial charge is 0.508 e. The monoisotopic (exact) mass is 614 g/mol. The van der Waals surface area contributed by atoms with Crippen molar-refractivity contribution < 1.29 is 9.90 Å². The Morgan fingerprint density at radius 3 is 2.37 bits per heavy atom. The molecule has 3 aromatic carbocycles. The van der Waals surface area contributed by atoms with Crippen LogP contribution in [0.5, 0.6) is 5.75 Å². The Balaban J connectivity index is 1.40. The van der Waals surface area contributed by atoms with Crippen LogP contribution in [0.1, 0.15) is 39.7 Å². The number of thiazole rings is 1. The van der Waals surface area contributed by atoms with Crippen LogP contribution in [0.25, 0.3) is 21.7 Å². The molecule has 1 amide bonds. The minimum Gasteiger partial charge on any atom is -0.508 e. The van der Waals surface area contributed by atoms with Gasteiger partial charge in [0.05, 0.1) is 21.1 Å². The van der Waals surface area contributed by atoms with Crippen LogP contribution in [-0.4, -0.2) is 34.0 Å². The van der Waals surface area contributed by atoms with E-state index in [1.165, 1.54) is 5.56 Å². The van der Waals surface area contributed by atoms with E-state index in [2.05, 4.69) is 53.8 Å². The van der Waals surface area contributed by atoms with Crippen molar-refractivity contribution in [2.45, 2.75) is 25.7 Å². The number of amides is 1. The van der Waals surface area contributed by atoms with Gasteiger partial charge in [-0.25, -0.2) is 4.98 Å². The lowest BCUT2D eigenvalue weighted by atomic mass is 9.96. The molecule has 1 N–H and O–H groups in total. The first-order chi connectivity index (χ1) is 16.9. The second-order valence-corrected chi connectivity index (χ2v) is 11.5. The number of halogens is 2. The van der Waals surface area contributed by atoms with Crippen molar-refractivity contribution in [3.05, 3.63) is 91.5 Å². The summed E-state index contributed by atoms with van der Waals surface area (Å²) in [5.74, 6) is 0.396. The van der Waals surface area contributed by atoms with Crippen molar-refractivity contribution in [1.82, 2.24) is 9.88 Å². The van der Waals surface area contributed by atoms with Crippen LogP contribution in [0.15, 0.2) is 66.7 Å². The van der Waals surface area contributed by atoms with E-state index in [4.69, 9.17) is 16.6 Å². The van der Waals surface area contributed by atoms with Gasteiger partial charge in [0.1, 0.15) is 5.75 Å². The predicted octanol–water partition coefficient (Wildman–Crippen LogP) is 7.77. The molecular formula is C28H24ClIN2O2S. The van der Waals surface area contributed by atoms with Crippen molar-refractivity contribution in [2.75, 3.05) is 13.1 Å². The molecule has 1 aliphatic rings. The van der Waals surface area contributed by atoms with Crippen LogP contribution in [0, 0.1) is 10.5 Å². The second kappa shape index (κ2) is 10.3. The Hall–Kier alpha value is -2.42. The van der Waals surface area contributed by atoms with Gasteiger partial charge in [-0.1, -0.05) is 53.6 Å². The summed E-state index contributed by atoms with van der Waals surface area (Å²) >= 11 is 10.0. The molecule has 1 aliphatic heterocycles. The maximum Gasteiger partial charge on any atom is 0.255 e. The number of carbonyl (C=O) groups is 1. The van der Waals surface area contributed by atoms with Gasteiger partial charge in [0.25, 0.3) is 5.91 Å². The van der Waals surface area contributed by atoms with E-state index in [1.807, 2.05) is 29.2 Å². The quantitative estimate of drug-likeness (QED) is 0.239. The Kier molecular flexibility index (Phi) is 7.14. The molecular weight excluding hydrogens is 591 g/mol. The van der Waals surface area contributed by atoms with E-state index < -0.39 is 0 Å². The van der Waals surface area contributed by atoms with Gasteiger partial charge in [-0.15, -0.1) is 11.3 Å². The van der Waals surface area contributed by atoms with Crippen molar-refractivity contribution in [3.8, 4) is 27.4 Å². The molecule has 0 aliphatic carbocycles. The normalized spacial score (nSPS) is 14.3. The van der Waals surface area contributed by atoms with E-state index in [1.54, 1.807) is 29.5 Å². The Morgan fingerprint density at radius 1 is 1.03 bits per heavy atom. The summed E-state index contributed by atoms with van der Waals surface area (Å²) in [5, 5.41) is 11.7. The van der Waals surface area contributed by atoms with Gasteiger partial charge in [0.2, 0.25) is 0 Å². The number of piperidine rings is 1. The molecule has 0 unspecified atom stereocenters. The number of phenolic OH excluding ortho intramolecular Hbond substituents is 1. The smallest absolute Gasteiger partial charge is 0.255 e. The molecule has 1 aromatic heterocycles. The zero-order chi connectivity index (χ0) is 24.5. The molecule has 1 fully saturated rings. The Bertz CT molecular complexity index is 1300. The van der Waals surface area contributed by atoms with Crippen molar-refractivity contribution in [3.63, 3.8) is 0 Å². The molecule has 0 saturated carbocycles. The van der Waals surface area contributed by atoms with Gasteiger partial charge >= 0.3 is 0 Å². The third kappa shape index (κ3) is 5.25. The average Bonchev–Trinajstić information content (AvgIpc) is 3.31. The number of hydrogen-bond acceptors (Lipinski definition) is 4. The number of nitrogens with zero attached hydrogens (tertiary/aromatic N) is 2. The minimum absolute atomic E-state index is 0.0231. The Labute approximate surface area is 227 Å².